The van der Waals surface area contributed by atoms with Crippen LogP contribution in [-0.2, 0) is 27.7 Å². The van der Waals surface area contributed by atoms with Crippen molar-refractivity contribution in [2.45, 2.75) is 30.6 Å². The highest BCUT2D eigenvalue weighted by atomic mass is 35.5. The molecule has 8 nitrogen and oxygen atoms in total. The topological polar surface area (TPSA) is 129 Å². The number of benzene rings is 2. The summed E-state index contributed by atoms with van der Waals surface area (Å²) in [6.07, 6.45) is 4.08. The fourth-order valence-electron chi connectivity index (χ4n) is 3.85. The Balaban J connectivity index is 0.00000324. The summed E-state index contributed by atoms with van der Waals surface area (Å²) in [5, 5.41) is 7.40. The highest BCUT2D eigenvalue weighted by molar-refractivity contribution is 7.92. The van der Waals surface area contributed by atoms with Gasteiger partial charge in [0.15, 0.2) is 0 Å². The number of hydrogen-bond acceptors (Lipinski definition) is 5. The Morgan fingerprint density at radius 3 is 2.56 bits per heavy atom. The molecule has 2 aromatic carbocycles. The first-order chi connectivity index (χ1) is 15.8. The number of nitrogen functional groups attached to an aromatic ring is 1. The van der Waals surface area contributed by atoms with Gasteiger partial charge in [-0.3, -0.25) is 19.9 Å². The second kappa shape index (κ2) is 10.7. The van der Waals surface area contributed by atoms with E-state index in [0.29, 0.717) is 30.8 Å². The molecule has 34 heavy (non-hydrogen) atoms. The number of carbonyl (C=O) groups excluding carboxylic acids is 1. The second-order valence-electron chi connectivity index (χ2n) is 7.88. The van der Waals surface area contributed by atoms with Crippen LogP contribution in [0.3, 0.4) is 0 Å². The van der Waals surface area contributed by atoms with E-state index in [1.54, 1.807) is 65.7 Å². The normalized spacial score (nSPS) is 12.9. The largest absolute Gasteiger partial charge is 0.382 e. The Morgan fingerprint density at radius 1 is 1.12 bits per heavy atom. The zero-order valence-corrected chi connectivity index (χ0v) is 20.0. The molecule has 0 atom stereocenters. The smallest absolute Gasteiger partial charge is 0.261 e. The number of amides is 1. The van der Waals surface area contributed by atoms with Crippen LogP contribution >= 0.6 is 12.4 Å². The van der Waals surface area contributed by atoms with Crippen LogP contribution in [-0.4, -0.2) is 31.7 Å². The molecule has 0 fully saturated rings. The Labute approximate surface area is 205 Å². The number of carbonyl (C=O) groups is 1. The minimum atomic E-state index is -3.68. The van der Waals surface area contributed by atoms with E-state index in [2.05, 4.69) is 9.71 Å². The minimum absolute atomic E-state index is 0. The predicted molar refractivity (Wildman–Crippen MR) is 135 cm³/mol. The molecule has 4 N–H and O–H groups in total. The third-order valence-electron chi connectivity index (χ3n) is 5.53. The molecule has 1 aliphatic rings. The zero-order valence-electron chi connectivity index (χ0n) is 18.4. The van der Waals surface area contributed by atoms with Gasteiger partial charge in [0.25, 0.3) is 10.0 Å². The summed E-state index contributed by atoms with van der Waals surface area (Å²) < 4.78 is 27.9. The molecule has 0 aliphatic carbocycles. The molecule has 4 rings (SSSR count). The van der Waals surface area contributed by atoms with Gasteiger partial charge in [0, 0.05) is 30.5 Å². The average molecular weight is 500 g/mol. The first kappa shape index (κ1) is 25.2. The van der Waals surface area contributed by atoms with Crippen LogP contribution < -0.4 is 15.4 Å². The van der Waals surface area contributed by atoms with E-state index < -0.39 is 10.0 Å². The number of nitrogens with zero attached hydrogens (tertiary/aromatic N) is 2. The van der Waals surface area contributed by atoms with Crippen LogP contribution in [0.2, 0.25) is 0 Å². The van der Waals surface area contributed by atoms with E-state index in [0.717, 1.165) is 29.7 Å². The molecule has 1 aliphatic heterocycles. The van der Waals surface area contributed by atoms with E-state index >= 15 is 0 Å². The molecule has 0 saturated carbocycles. The molecular formula is C24H26ClN5O3S. The fourth-order valence-corrected chi connectivity index (χ4v) is 4.92. The summed E-state index contributed by atoms with van der Waals surface area (Å²) >= 11 is 0. The number of amidine groups is 1. The first-order valence-electron chi connectivity index (χ1n) is 10.6. The van der Waals surface area contributed by atoms with Gasteiger partial charge in [0.05, 0.1) is 4.90 Å². The third-order valence-corrected chi connectivity index (χ3v) is 6.93. The van der Waals surface area contributed by atoms with E-state index in [1.165, 1.54) is 0 Å². The number of aromatic nitrogens is 1. The lowest BCUT2D eigenvalue weighted by molar-refractivity contribution is -0.118. The van der Waals surface area contributed by atoms with E-state index in [-0.39, 0.29) is 29.0 Å². The standard InChI is InChI=1S/C24H25N5O3S.ClH/c25-24(26)21-11-8-17(16-27-21)9-13-23(30)29-14-4-5-18-15-19(10-12-22(18)29)28-33(31,32)20-6-2-1-3-7-20;/h1-3,6-8,10-12,15-16,28H,4-5,9,13-14H2,(H3,25,26);1H. The van der Waals surface area contributed by atoms with Crippen molar-refractivity contribution in [3.05, 3.63) is 83.7 Å². The highest BCUT2D eigenvalue weighted by Gasteiger charge is 2.23. The Kier molecular flexibility index (Phi) is 7.90. The molecule has 0 unspecified atom stereocenters. The summed E-state index contributed by atoms with van der Waals surface area (Å²) in [5.74, 6) is -0.0859. The molecule has 2 heterocycles. The lowest BCUT2D eigenvalue weighted by Gasteiger charge is -2.30. The van der Waals surface area contributed by atoms with Crippen molar-refractivity contribution in [1.82, 2.24) is 4.98 Å². The van der Waals surface area contributed by atoms with Gasteiger partial charge >= 0.3 is 0 Å². The molecule has 10 heteroatoms. The number of pyridine rings is 1. The van der Waals surface area contributed by atoms with Crippen LogP contribution in [0.4, 0.5) is 11.4 Å². The predicted octanol–water partition coefficient (Wildman–Crippen LogP) is 3.50. The molecule has 178 valence electrons. The van der Waals surface area contributed by atoms with Crippen LogP contribution in [0.15, 0.2) is 71.8 Å². The second-order valence-corrected chi connectivity index (χ2v) is 9.56. The van der Waals surface area contributed by atoms with Crippen LogP contribution in [0, 0.1) is 5.41 Å². The van der Waals surface area contributed by atoms with Crippen LogP contribution in [0.5, 0.6) is 0 Å². The fraction of sp³-hybridized carbons (Fsp3) is 0.208. The van der Waals surface area contributed by atoms with Crippen molar-refractivity contribution < 1.29 is 13.2 Å². The van der Waals surface area contributed by atoms with Crippen molar-refractivity contribution in [1.29, 1.82) is 5.41 Å². The number of fused-ring (bicyclic) bond motifs is 1. The molecule has 3 aromatic rings. The summed E-state index contributed by atoms with van der Waals surface area (Å²) in [6, 6.07) is 17.0. The maximum Gasteiger partial charge on any atom is 0.261 e. The molecule has 0 bridgehead atoms. The van der Waals surface area contributed by atoms with Gasteiger partial charge in [-0.1, -0.05) is 24.3 Å². The molecule has 1 aromatic heterocycles. The maximum atomic E-state index is 12.9. The van der Waals surface area contributed by atoms with Gasteiger partial charge < -0.3 is 10.6 Å². The van der Waals surface area contributed by atoms with Gasteiger partial charge in [-0.25, -0.2) is 8.42 Å². The lowest BCUT2D eigenvalue weighted by atomic mass is 10.00. The number of rotatable bonds is 7. The van der Waals surface area contributed by atoms with E-state index in [4.69, 9.17) is 11.1 Å². The van der Waals surface area contributed by atoms with Gasteiger partial charge in [-0.15, -0.1) is 12.4 Å². The third kappa shape index (κ3) is 5.73. The van der Waals surface area contributed by atoms with Crippen LogP contribution in [0.25, 0.3) is 0 Å². The Hall–Kier alpha value is -3.43. The molecule has 0 radical (unpaired) electrons. The van der Waals surface area contributed by atoms with Crippen molar-refractivity contribution in [2.24, 2.45) is 5.73 Å². The number of nitrogens with two attached hydrogens (primary N) is 1. The van der Waals surface area contributed by atoms with E-state index in [1.807, 2.05) is 6.07 Å². The highest BCUT2D eigenvalue weighted by Crippen LogP contribution is 2.31. The molecular weight excluding hydrogens is 474 g/mol. The van der Waals surface area contributed by atoms with Crippen molar-refractivity contribution >= 4 is 45.5 Å². The first-order valence-corrected chi connectivity index (χ1v) is 12.1. The number of aryl methyl sites for hydroxylation is 2. The van der Waals surface area contributed by atoms with Crippen molar-refractivity contribution in [3.8, 4) is 0 Å². The zero-order chi connectivity index (χ0) is 23.4. The number of anilines is 2. The van der Waals surface area contributed by atoms with Gasteiger partial charge in [-0.05, 0) is 66.8 Å². The SMILES string of the molecule is Cl.N=C(N)c1ccc(CCC(=O)N2CCCc3cc(NS(=O)(=O)c4ccccc4)ccc32)cn1. The van der Waals surface area contributed by atoms with E-state index in [9.17, 15) is 13.2 Å². The number of nitrogens with one attached hydrogen (secondary N) is 2. The number of hydrogen-bond donors (Lipinski definition) is 3. The Bertz CT molecular complexity index is 1280. The van der Waals surface area contributed by atoms with Crippen molar-refractivity contribution in [2.75, 3.05) is 16.2 Å². The van der Waals surface area contributed by atoms with Crippen molar-refractivity contribution in [3.63, 3.8) is 0 Å². The lowest BCUT2D eigenvalue weighted by Crippen LogP contribution is -2.35. The molecule has 0 spiro atoms. The maximum absolute atomic E-state index is 12.9. The number of halogens is 1. The van der Waals surface area contributed by atoms with Crippen LogP contribution in [0.1, 0.15) is 29.7 Å². The summed E-state index contributed by atoms with van der Waals surface area (Å²) in [6.45, 7) is 0.627. The quantitative estimate of drug-likeness (QED) is 0.338. The van der Waals surface area contributed by atoms with Gasteiger partial charge in [0.2, 0.25) is 5.91 Å². The van der Waals surface area contributed by atoms with Gasteiger partial charge in [0.1, 0.15) is 11.5 Å². The van der Waals surface area contributed by atoms with Gasteiger partial charge in [-0.2, -0.15) is 0 Å². The number of sulfonamides is 1. The Morgan fingerprint density at radius 2 is 1.88 bits per heavy atom. The summed E-state index contributed by atoms with van der Waals surface area (Å²) in [7, 11) is -3.68. The molecule has 0 saturated heterocycles. The summed E-state index contributed by atoms with van der Waals surface area (Å²) in [5.41, 5.74) is 8.97. The minimum Gasteiger partial charge on any atom is -0.382 e. The molecule has 1 amide bonds. The monoisotopic (exact) mass is 499 g/mol. The summed E-state index contributed by atoms with van der Waals surface area (Å²) in [4.78, 5) is 19.1. The average Bonchev–Trinajstić information content (AvgIpc) is 2.82.